The third kappa shape index (κ3) is 2.54. The summed E-state index contributed by atoms with van der Waals surface area (Å²) in [4.78, 5) is 13.7. The van der Waals surface area contributed by atoms with Crippen LogP contribution in [0.25, 0.3) is 0 Å². The molecule has 1 amide bonds. The van der Waals surface area contributed by atoms with Crippen LogP contribution in [0.3, 0.4) is 0 Å². The molecule has 0 saturated carbocycles. The molecular formula is C16H15FN2O2. The van der Waals surface area contributed by atoms with E-state index >= 15 is 0 Å². The van der Waals surface area contributed by atoms with Crippen LogP contribution in [0.2, 0.25) is 0 Å². The van der Waals surface area contributed by atoms with Gasteiger partial charge in [0, 0.05) is 7.05 Å². The molecule has 0 bridgehead atoms. The van der Waals surface area contributed by atoms with E-state index in [2.05, 4.69) is 5.32 Å². The van der Waals surface area contributed by atoms with Gasteiger partial charge in [-0.15, -0.1) is 0 Å². The van der Waals surface area contributed by atoms with Gasteiger partial charge < -0.3 is 15.0 Å². The number of carbonyl (C=O) groups is 1. The van der Waals surface area contributed by atoms with Crippen LogP contribution in [0.4, 0.5) is 15.8 Å². The molecule has 0 fully saturated rings. The van der Waals surface area contributed by atoms with E-state index in [4.69, 9.17) is 4.74 Å². The maximum absolute atomic E-state index is 13.8. The molecule has 0 aromatic heterocycles. The Hall–Kier alpha value is -2.56. The summed E-state index contributed by atoms with van der Waals surface area (Å²) in [6.07, 6.45) is -0.676. The first-order valence-electron chi connectivity index (χ1n) is 6.68. The number of rotatable bonds is 2. The molecule has 4 nitrogen and oxygen atoms in total. The van der Waals surface area contributed by atoms with Crippen LogP contribution in [0.5, 0.6) is 5.75 Å². The Balaban J connectivity index is 1.79. The Morgan fingerprint density at radius 3 is 2.76 bits per heavy atom. The fraction of sp³-hybridized carbons (Fsp3) is 0.188. The minimum Gasteiger partial charge on any atom is -0.477 e. The number of likely N-dealkylation sites (N-methyl/N-ethyl adjacent to an activating group) is 1. The highest BCUT2D eigenvalue weighted by Gasteiger charge is 2.29. The number of ether oxygens (including phenoxy) is 1. The summed E-state index contributed by atoms with van der Waals surface area (Å²) in [5, 5.41) is 3.15. The molecule has 0 spiro atoms. The first-order chi connectivity index (χ1) is 10.2. The highest BCUT2D eigenvalue weighted by Crippen LogP contribution is 2.29. The summed E-state index contributed by atoms with van der Waals surface area (Å²) in [6, 6.07) is 13.6. The fourth-order valence-electron chi connectivity index (χ4n) is 2.31. The number of para-hydroxylation sites is 3. The molecular weight excluding hydrogens is 271 g/mol. The topological polar surface area (TPSA) is 41.6 Å². The zero-order chi connectivity index (χ0) is 14.8. The van der Waals surface area contributed by atoms with Crippen molar-refractivity contribution < 1.29 is 13.9 Å². The van der Waals surface area contributed by atoms with Gasteiger partial charge in [-0.1, -0.05) is 24.3 Å². The van der Waals surface area contributed by atoms with Crippen molar-refractivity contribution in [1.29, 1.82) is 0 Å². The summed E-state index contributed by atoms with van der Waals surface area (Å²) in [5.74, 6) is -0.0938. The standard InChI is InChI=1S/C16H15FN2O2/c1-19(13-8-4-2-6-11(13)17)16(20)15-10-18-12-7-3-5-9-14(12)21-15/h2-9,15,18H,10H2,1H3. The van der Waals surface area contributed by atoms with Crippen LogP contribution in [0.15, 0.2) is 48.5 Å². The number of halogens is 1. The SMILES string of the molecule is CN(C(=O)C1CNc2ccccc2O1)c1ccccc1F. The number of anilines is 2. The molecule has 1 atom stereocenters. The molecule has 108 valence electrons. The number of amides is 1. The van der Waals surface area contributed by atoms with Crippen LogP contribution in [-0.2, 0) is 4.79 Å². The van der Waals surface area contributed by atoms with E-state index in [1.54, 1.807) is 31.3 Å². The molecule has 2 aromatic rings. The molecule has 0 radical (unpaired) electrons. The predicted octanol–water partition coefficient (Wildman–Crippen LogP) is 2.66. The van der Waals surface area contributed by atoms with Crippen molar-refractivity contribution in [1.82, 2.24) is 0 Å². The zero-order valence-corrected chi connectivity index (χ0v) is 11.5. The van der Waals surface area contributed by atoms with Crippen molar-refractivity contribution in [3.8, 4) is 5.75 Å². The van der Waals surface area contributed by atoms with Crippen molar-refractivity contribution in [3.05, 3.63) is 54.3 Å². The lowest BCUT2D eigenvalue weighted by Crippen LogP contribution is -2.45. The van der Waals surface area contributed by atoms with Gasteiger partial charge in [0.25, 0.3) is 5.91 Å². The normalized spacial score (nSPS) is 16.4. The van der Waals surface area contributed by atoms with Gasteiger partial charge in [0.15, 0.2) is 6.10 Å². The van der Waals surface area contributed by atoms with Gasteiger partial charge in [-0.25, -0.2) is 4.39 Å². The van der Waals surface area contributed by atoms with Crippen LogP contribution < -0.4 is 15.0 Å². The summed E-state index contributed by atoms with van der Waals surface area (Å²) in [5.41, 5.74) is 1.10. The lowest BCUT2D eigenvalue weighted by atomic mass is 10.2. The zero-order valence-electron chi connectivity index (χ0n) is 11.5. The van der Waals surface area contributed by atoms with Crippen molar-refractivity contribution in [3.63, 3.8) is 0 Å². The molecule has 1 aliphatic heterocycles. The lowest BCUT2D eigenvalue weighted by Gasteiger charge is -2.29. The van der Waals surface area contributed by atoms with E-state index in [-0.39, 0.29) is 11.6 Å². The summed E-state index contributed by atoms with van der Waals surface area (Å²) in [7, 11) is 1.55. The Kier molecular flexibility index (Phi) is 3.48. The second kappa shape index (κ2) is 5.44. The smallest absolute Gasteiger partial charge is 0.269 e. The molecule has 3 rings (SSSR count). The van der Waals surface area contributed by atoms with E-state index in [1.165, 1.54) is 11.0 Å². The highest BCUT2D eigenvalue weighted by atomic mass is 19.1. The second-order valence-corrected chi connectivity index (χ2v) is 4.83. The molecule has 1 N–H and O–H groups in total. The minimum absolute atomic E-state index is 0.241. The Bertz CT molecular complexity index is 675. The van der Waals surface area contributed by atoms with Gasteiger partial charge in [-0.2, -0.15) is 0 Å². The first kappa shape index (κ1) is 13.4. The molecule has 1 unspecified atom stereocenters. The maximum atomic E-state index is 13.8. The number of fused-ring (bicyclic) bond motifs is 1. The number of benzene rings is 2. The number of nitrogens with zero attached hydrogens (tertiary/aromatic N) is 1. The largest absolute Gasteiger partial charge is 0.477 e. The summed E-state index contributed by atoms with van der Waals surface area (Å²) >= 11 is 0. The number of hydrogen-bond donors (Lipinski definition) is 1. The van der Waals surface area contributed by atoms with E-state index < -0.39 is 11.9 Å². The second-order valence-electron chi connectivity index (χ2n) is 4.83. The van der Waals surface area contributed by atoms with E-state index in [0.717, 1.165) is 5.69 Å². The number of hydrogen-bond acceptors (Lipinski definition) is 3. The van der Waals surface area contributed by atoms with Crippen LogP contribution in [-0.4, -0.2) is 25.6 Å². The molecule has 2 aromatic carbocycles. The van der Waals surface area contributed by atoms with Crippen LogP contribution in [0.1, 0.15) is 0 Å². The summed E-state index contributed by atoms with van der Waals surface area (Å²) in [6.45, 7) is 0.356. The molecule has 0 saturated heterocycles. The lowest BCUT2D eigenvalue weighted by molar-refractivity contribution is -0.124. The highest BCUT2D eigenvalue weighted by molar-refractivity contribution is 5.97. The monoisotopic (exact) mass is 286 g/mol. The Labute approximate surface area is 122 Å². The van der Waals surface area contributed by atoms with Crippen molar-refractivity contribution in [2.24, 2.45) is 0 Å². The van der Waals surface area contributed by atoms with E-state index in [9.17, 15) is 9.18 Å². The van der Waals surface area contributed by atoms with E-state index in [1.807, 2.05) is 18.2 Å². The van der Waals surface area contributed by atoms with Gasteiger partial charge in [0.2, 0.25) is 0 Å². The van der Waals surface area contributed by atoms with Gasteiger partial charge >= 0.3 is 0 Å². The van der Waals surface area contributed by atoms with Crippen molar-refractivity contribution >= 4 is 17.3 Å². The minimum atomic E-state index is -0.676. The Morgan fingerprint density at radius 1 is 1.24 bits per heavy atom. The van der Waals surface area contributed by atoms with Crippen LogP contribution >= 0.6 is 0 Å². The molecule has 5 heteroatoms. The quantitative estimate of drug-likeness (QED) is 0.923. The van der Waals surface area contributed by atoms with E-state index in [0.29, 0.717) is 12.3 Å². The third-order valence-electron chi connectivity index (χ3n) is 3.45. The first-order valence-corrected chi connectivity index (χ1v) is 6.68. The predicted molar refractivity (Wildman–Crippen MR) is 79.2 cm³/mol. The average Bonchev–Trinajstić information content (AvgIpc) is 2.53. The number of carbonyl (C=O) groups excluding carboxylic acids is 1. The Morgan fingerprint density at radius 2 is 1.95 bits per heavy atom. The van der Waals surface area contributed by atoms with Gasteiger partial charge in [0.05, 0.1) is 17.9 Å². The number of nitrogens with one attached hydrogen (secondary N) is 1. The third-order valence-corrected chi connectivity index (χ3v) is 3.45. The van der Waals surface area contributed by atoms with Gasteiger partial charge in [-0.05, 0) is 24.3 Å². The summed E-state index contributed by atoms with van der Waals surface area (Å²) < 4.78 is 19.5. The fourth-order valence-corrected chi connectivity index (χ4v) is 2.31. The molecule has 21 heavy (non-hydrogen) atoms. The van der Waals surface area contributed by atoms with Gasteiger partial charge in [0.1, 0.15) is 11.6 Å². The molecule has 1 heterocycles. The van der Waals surface area contributed by atoms with Crippen molar-refractivity contribution in [2.45, 2.75) is 6.10 Å². The van der Waals surface area contributed by atoms with Crippen molar-refractivity contribution in [2.75, 3.05) is 23.8 Å². The van der Waals surface area contributed by atoms with Crippen LogP contribution in [0, 0.1) is 5.82 Å². The average molecular weight is 286 g/mol. The molecule has 1 aliphatic rings. The molecule has 0 aliphatic carbocycles. The maximum Gasteiger partial charge on any atom is 0.269 e. The van der Waals surface area contributed by atoms with Gasteiger partial charge in [-0.3, -0.25) is 4.79 Å².